The van der Waals surface area contributed by atoms with Crippen LogP contribution >= 0.6 is 0 Å². The Morgan fingerprint density at radius 1 is 0.538 bits per heavy atom. The summed E-state index contributed by atoms with van der Waals surface area (Å²) in [6, 6.07) is 0. The van der Waals surface area contributed by atoms with E-state index in [9.17, 15) is 39.6 Å². The molecule has 0 amide bonds. The average molecular weight is 452 g/mol. The third kappa shape index (κ3) is 49.5. The van der Waals surface area contributed by atoms with Crippen molar-refractivity contribution >= 4 is 61.6 Å². The minimum absolute atomic E-state index is 0. The molecule has 0 aromatic carbocycles. The number of carbonyl (C=O) groups is 4. The summed E-state index contributed by atoms with van der Waals surface area (Å²) in [5.41, 5.74) is 0. The van der Waals surface area contributed by atoms with Gasteiger partial charge in [-0.3, -0.25) is 0 Å². The van der Waals surface area contributed by atoms with E-state index in [2.05, 4.69) is 0 Å². The molecule has 4 atom stereocenters. The normalized spacial score (nSPS) is 12.6. The van der Waals surface area contributed by atoms with Gasteiger partial charge in [0.15, 0.2) is 0 Å². The predicted molar refractivity (Wildman–Crippen MR) is 72.5 cm³/mol. The molecule has 0 bridgehead atoms. The molecule has 0 rings (SSSR count). The molecule has 14 heteroatoms. The summed E-state index contributed by atoms with van der Waals surface area (Å²) in [6.45, 7) is 4.54. The number of aliphatic hydroxyl groups excluding tert-OH is 4. The molecule has 0 fully saturated rings. The Labute approximate surface area is 189 Å². The fourth-order valence-corrected chi connectivity index (χ4v) is 0. The monoisotopic (exact) mass is 452 g/mol. The number of carboxylic acids is 4. The molecule has 26 heavy (non-hydrogen) atoms. The zero-order valence-corrected chi connectivity index (χ0v) is 17.7. The van der Waals surface area contributed by atoms with Crippen molar-refractivity contribution in [3.8, 4) is 0 Å². The van der Waals surface area contributed by atoms with Gasteiger partial charge < -0.3 is 60.0 Å². The molecule has 0 aromatic rings. The van der Waals surface area contributed by atoms with Crippen molar-refractivity contribution in [2.24, 2.45) is 0 Å². The van der Waals surface area contributed by atoms with Crippen LogP contribution in [0.1, 0.15) is 27.7 Å². The van der Waals surface area contributed by atoms with Crippen LogP contribution < -0.4 is 20.4 Å². The van der Waals surface area contributed by atoms with Gasteiger partial charge in [0, 0.05) is 0 Å². The first kappa shape index (κ1) is 40.3. The summed E-state index contributed by atoms with van der Waals surface area (Å²) >= 11 is 0. The molecule has 0 aliphatic rings. The van der Waals surface area contributed by atoms with Crippen molar-refractivity contribution < 1.29 is 77.1 Å². The molecule has 0 saturated carbocycles. The minimum Gasteiger partial charge on any atom is -0.547 e. The van der Waals surface area contributed by atoms with Gasteiger partial charge in [0.05, 0.1) is 48.3 Å². The number of aliphatic hydroxyl groups is 4. The number of aliphatic carboxylic acids is 4. The number of hydrogen-bond acceptors (Lipinski definition) is 12. The van der Waals surface area contributed by atoms with E-state index in [-0.39, 0.29) is 54.8 Å². The third-order valence-corrected chi connectivity index (χ3v) is 1.36. The maximum Gasteiger partial charge on any atom is 2.00 e. The summed E-state index contributed by atoms with van der Waals surface area (Å²) in [6.07, 6.45) is -5.37. The number of hydrogen-bond donors (Lipinski definition) is 4. The summed E-state index contributed by atoms with van der Waals surface area (Å²) in [7, 11) is 0. The van der Waals surface area contributed by atoms with Gasteiger partial charge >= 0.3 is 54.8 Å². The summed E-state index contributed by atoms with van der Waals surface area (Å²) in [5.74, 6) is -5.74. The van der Waals surface area contributed by atoms with Crippen LogP contribution in [0.25, 0.3) is 0 Å². The standard InChI is InChI=1S/4C3H6O3.Ca.Fe/c4*1-2(4)3(5)6;;/h4*2,4H,1H3,(H,5,6);;/q;;;;2*+2/p-4. The van der Waals surface area contributed by atoms with Gasteiger partial charge in [-0.05, 0) is 27.7 Å². The zero-order chi connectivity index (χ0) is 20.6. The third-order valence-electron chi connectivity index (χ3n) is 1.36. The van der Waals surface area contributed by atoms with Gasteiger partial charge in [-0.1, -0.05) is 0 Å². The Morgan fingerprint density at radius 2 is 0.577 bits per heavy atom. The van der Waals surface area contributed by atoms with E-state index in [0.29, 0.717) is 0 Å². The predicted octanol–water partition coefficient (Wildman–Crippen LogP) is -7.91. The zero-order valence-electron chi connectivity index (χ0n) is 14.4. The van der Waals surface area contributed by atoms with E-state index in [4.69, 9.17) is 20.4 Å². The largest absolute Gasteiger partial charge is 2.00 e. The van der Waals surface area contributed by atoms with Crippen LogP contribution in [0, 0.1) is 0 Å². The van der Waals surface area contributed by atoms with Gasteiger partial charge in [0.25, 0.3) is 0 Å². The molecule has 150 valence electrons. The Morgan fingerprint density at radius 3 is 0.577 bits per heavy atom. The van der Waals surface area contributed by atoms with E-state index >= 15 is 0 Å². The molecule has 0 aliphatic carbocycles. The van der Waals surface area contributed by atoms with Gasteiger partial charge in [-0.2, -0.15) is 0 Å². The molecule has 0 aromatic heterocycles. The number of carbonyl (C=O) groups excluding carboxylic acids is 4. The smallest absolute Gasteiger partial charge is 0.547 e. The topological polar surface area (TPSA) is 241 Å². The Balaban J connectivity index is -0.0000000500. The van der Waals surface area contributed by atoms with E-state index in [1.807, 2.05) is 0 Å². The van der Waals surface area contributed by atoms with Crippen LogP contribution in [0.15, 0.2) is 0 Å². The maximum atomic E-state index is 9.34. The second-order valence-corrected chi connectivity index (χ2v) is 3.98. The molecule has 4 unspecified atom stereocenters. The fraction of sp³-hybridized carbons (Fsp3) is 0.667. The first-order valence-corrected chi connectivity index (χ1v) is 6.13. The van der Waals surface area contributed by atoms with Crippen LogP contribution in [0.2, 0.25) is 0 Å². The van der Waals surface area contributed by atoms with Crippen molar-refractivity contribution in [2.45, 2.75) is 52.1 Å². The van der Waals surface area contributed by atoms with Crippen LogP contribution in [0.5, 0.6) is 0 Å². The second-order valence-electron chi connectivity index (χ2n) is 3.98. The van der Waals surface area contributed by atoms with Crippen molar-refractivity contribution in [1.29, 1.82) is 0 Å². The maximum absolute atomic E-state index is 9.34. The molecule has 4 N–H and O–H groups in total. The molecule has 0 heterocycles. The van der Waals surface area contributed by atoms with E-state index < -0.39 is 48.3 Å². The number of rotatable bonds is 4. The molecular formula is C12H20CaFeO12. The molecule has 0 saturated heterocycles. The SMILES string of the molecule is CC(O)C(=O)[O-].CC(O)C(=O)[O-].CC(O)C(=O)[O-].CC(O)C(=O)[O-].[Ca+2].[Fe+2]. The van der Waals surface area contributed by atoms with Crippen LogP contribution in [0.4, 0.5) is 0 Å². The molecule has 12 nitrogen and oxygen atoms in total. The van der Waals surface area contributed by atoms with Gasteiger partial charge in [0.1, 0.15) is 0 Å². The first-order chi connectivity index (χ1) is 10.6. The molecular weight excluding hydrogens is 432 g/mol. The van der Waals surface area contributed by atoms with Gasteiger partial charge in [-0.15, -0.1) is 0 Å². The van der Waals surface area contributed by atoms with Crippen molar-refractivity contribution in [3.63, 3.8) is 0 Å². The van der Waals surface area contributed by atoms with Crippen molar-refractivity contribution in [3.05, 3.63) is 0 Å². The van der Waals surface area contributed by atoms with Crippen molar-refractivity contribution in [2.75, 3.05) is 0 Å². The Bertz CT molecular complexity index is 312. The fourth-order valence-electron chi connectivity index (χ4n) is 0. The number of carboxylic acid groups (broad SMARTS) is 4. The van der Waals surface area contributed by atoms with Crippen LogP contribution in [-0.2, 0) is 36.2 Å². The molecule has 0 spiro atoms. The second kappa shape index (κ2) is 24.5. The van der Waals surface area contributed by atoms with E-state index in [1.165, 1.54) is 0 Å². The quantitative estimate of drug-likeness (QED) is 0.291. The minimum atomic E-state index is -1.44. The van der Waals surface area contributed by atoms with Crippen molar-refractivity contribution in [1.82, 2.24) is 0 Å². The van der Waals surface area contributed by atoms with E-state index in [1.54, 1.807) is 0 Å². The summed E-state index contributed by atoms with van der Waals surface area (Å²) < 4.78 is 0. The summed E-state index contributed by atoms with van der Waals surface area (Å²) in [5, 5.41) is 69.2. The van der Waals surface area contributed by atoms with Crippen LogP contribution in [-0.4, -0.2) is 106 Å². The Hall–Kier alpha value is -0.501. The average Bonchev–Trinajstić information content (AvgIpc) is 2.40. The summed E-state index contributed by atoms with van der Waals surface area (Å²) in [4.78, 5) is 37.4. The first-order valence-electron chi connectivity index (χ1n) is 6.13. The van der Waals surface area contributed by atoms with Gasteiger partial charge in [-0.25, -0.2) is 0 Å². The Kier molecular flexibility index (Phi) is 37.9. The van der Waals surface area contributed by atoms with Gasteiger partial charge in [0.2, 0.25) is 0 Å². The molecule has 0 radical (unpaired) electrons. The van der Waals surface area contributed by atoms with E-state index in [0.717, 1.165) is 27.7 Å². The molecule has 0 aliphatic heterocycles. The van der Waals surface area contributed by atoms with Crippen LogP contribution in [0.3, 0.4) is 0 Å².